The lowest BCUT2D eigenvalue weighted by atomic mass is 10.1. The van der Waals surface area contributed by atoms with E-state index in [4.69, 9.17) is 27.9 Å². The number of nitrogens with zero attached hydrogens (tertiary/aromatic N) is 8. The monoisotopic (exact) mass is 964 g/mol. The standard InChI is InChI=1S/C21H20FN5O3S.C21H18FN5O3S.CH2Cl2/c2*1-3-16(20-26-17(11-31-20)21(29)30-2)25-19(28)15-8-23-10-18-14(15)9-24-27(18)13-6-4-12(22)5-7-13;2-1-3/h4-10,16-17H,3,11H2,1-2H3,(H,25,28);4-11,16H,3H2,1-2H3,(H,25,28);1H2/t16?,17-;;/m0../s1. The summed E-state index contributed by atoms with van der Waals surface area (Å²) in [5.74, 6) is -1.74. The van der Waals surface area contributed by atoms with E-state index >= 15 is 0 Å². The Kier molecular flexibility index (Phi) is 16.7. The van der Waals surface area contributed by atoms with Crippen LogP contribution >= 0.6 is 46.3 Å². The number of thiazole rings is 1. The predicted molar refractivity (Wildman–Crippen MR) is 245 cm³/mol. The Labute approximate surface area is 388 Å². The number of aliphatic imine (C=N–C) groups is 1. The molecule has 0 saturated heterocycles. The summed E-state index contributed by atoms with van der Waals surface area (Å²) in [6.07, 6.45) is 10.5. The van der Waals surface area contributed by atoms with Gasteiger partial charge in [0.15, 0.2) is 11.7 Å². The van der Waals surface area contributed by atoms with Gasteiger partial charge >= 0.3 is 11.9 Å². The number of ether oxygens (including phenoxy) is 2. The summed E-state index contributed by atoms with van der Waals surface area (Å²) in [7, 11) is 2.62. The van der Waals surface area contributed by atoms with Gasteiger partial charge in [0, 0.05) is 34.3 Å². The second-order valence-corrected chi connectivity index (χ2v) is 16.4. The molecule has 3 atom stereocenters. The van der Waals surface area contributed by atoms with Crippen molar-refractivity contribution in [1.82, 2.24) is 45.1 Å². The summed E-state index contributed by atoms with van der Waals surface area (Å²) in [6.45, 7) is 3.85. The third kappa shape index (κ3) is 11.3. The maximum absolute atomic E-state index is 13.3. The van der Waals surface area contributed by atoms with Crippen LogP contribution in [0.2, 0.25) is 0 Å². The molecule has 7 aromatic rings. The molecule has 2 N–H and O–H groups in total. The molecule has 2 unspecified atom stereocenters. The van der Waals surface area contributed by atoms with Gasteiger partial charge in [-0.1, -0.05) is 13.8 Å². The van der Waals surface area contributed by atoms with Crippen molar-refractivity contribution in [3.05, 3.63) is 125 Å². The average molecular weight is 966 g/mol. The van der Waals surface area contributed by atoms with Crippen LogP contribution in [0.15, 0.2) is 96.1 Å². The minimum atomic E-state index is -0.546. The first-order valence-electron chi connectivity index (χ1n) is 19.7. The van der Waals surface area contributed by atoms with Crippen LogP contribution in [-0.2, 0) is 14.3 Å². The van der Waals surface area contributed by atoms with E-state index < -0.39 is 12.0 Å². The van der Waals surface area contributed by atoms with Gasteiger partial charge in [-0.05, 0) is 61.4 Å². The first-order chi connectivity index (χ1) is 31.4. The number of aromatic nitrogens is 7. The normalized spacial score (nSPS) is 14.0. The van der Waals surface area contributed by atoms with Crippen molar-refractivity contribution in [2.24, 2.45) is 4.99 Å². The number of carbonyl (C=O) groups excluding carboxylic acids is 4. The van der Waals surface area contributed by atoms with E-state index in [2.05, 4.69) is 45.5 Å². The molecule has 16 nitrogen and oxygen atoms in total. The Morgan fingerprint density at radius 3 is 1.71 bits per heavy atom. The number of alkyl halides is 2. The lowest BCUT2D eigenvalue weighted by molar-refractivity contribution is -0.141. The lowest BCUT2D eigenvalue weighted by Gasteiger charge is -2.16. The van der Waals surface area contributed by atoms with Crippen molar-refractivity contribution < 1.29 is 37.4 Å². The van der Waals surface area contributed by atoms with Gasteiger partial charge in [0.05, 0.1) is 95.0 Å². The first kappa shape index (κ1) is 48.1. The maximum Gasteiger partial charge on any atom is 0.357 e. The molecule has 1 aliphatic heterocycles. The Bertz CT molecular complexity index is 2820. The molecule has 0 saturated carbocycles. The number of halogens is 4. The van der Waals surface area contributed by atoms with E-state index in [1.165, 1.54) is 74.0 Å². The van der Waals surface area contributed by atoms with Gasteiger partial charge in [-0.15, -0.1) is 46.3 Å². The molecule has 0 fully saturated rings. The number of esters is 2. The molecule has 22 heteroatoms. The number of thioether (sulfide) groups is 1. The number of pyridine rings is 2. The van der Waals surface area contributed by atoms with Crippen LogP contribution < -0.4 is 10.6 Å². The Morgan fingerprint density at radius 2 is 1.25 bits per heavy atom. The van der Waals surface area contributed by atoms with Crippen LogP contribution in [0.3, 0.4) is 0 Å². The zero-order chi connectivity index (χ0) is 46.6. The van der Waals surface area contributed by atoms with E-state index in [1.807, 2.05) is 13.8 Å². The van der Waals surface area contributed by atoms with Gasteiger partial charge in [-0.25, -0.2) is 32.7 Å². The molecule has 0 spiro atoms. The van der Waals surface area contributed by atoms with Crippen molar-refractivity contribution in [3.8, 4) is 11.4 Å². The molecule has 1 aliphatic rings. The van der Waals surface area contributed by atoms with E-state index in [9.17, 15) is 28.0 Å². The topological polar surface area (TPSA) is 197 Å². The summed E-state index contributed by atoms with van der Waals surface area (Å²) in [5, 5.41) is 19.0. The molecule has 338 valence electrons. The fourth-order valence-corrected chi connectivity index (χ4v) is 8.55. The molecule has 8 rings (SSSR count). The zero-order valence-electron chi connectivity index (χ0n) is 35.1. The number of hydrogen-bond donors (Lipinski definition) is 2. The van der Waals surface area contributed by atoms with Crippen LogP contribution in [0.5, 0.6) is 0 Å². The van der Waals surface area contributed by atoms with Crippen LogP contribution in [0, 0.1) is 11.6 Å². The smallest absolute Gasteiger partial charge is 0.357 e. The quantitative estimate of drug-likeness (QED) is 0.0890. The minimum Gasteiger partial charge on any atom is -0.467 e. The second kappa shape index (κ2) is 22.5. The van der Waals surface area contributed by atoms with Crippen molar-refractivity contribution in [2.45, 2.75) is 44.8 Å². The van der Waals surface area contributed by atoms with E-state index in [0.29, 0.717) is 73.0 Å². The van der Waals surface area contributed by atoms with Gasteiger partial charge in [-0.2, -0.15) is 10.2 Å². The van der Waals surface area contributed by atoms with Crippen molar-refractivity contribution in [2.75, 3.05) is 25.3 Å². The van der Waals surface area contributed by atoms with E-state index in [1.54, 1.807) is 63.8 Å². The third-order valence-corrected chi connectivity index (χ3v) is 11.8. The van der Waals surface area contributed by atoms with Crippen molar-refractivity contribution in [1.29, 1.82) is 0 Å². The molecule has 6 heterocycles. The van der Waals surface area contributed by atoms with Gasteiger partial charge in [0.1, 0.15) is 16.6 Å². The lowest BCUT2D eigenvalue weighted by Crippen LogP contribution is -2.39. The summed E-state index contributed by atoms with van der Waals surface area (Å²) in [6, 6.07) is 10.5. The Morgan fingerprint density at radius 1 is 0.754 bits per heavy atom. The third-order valence-electron chi connectivity index (χ3n) is 9.71. The highest BCUT2D eigenvalue weighted by Gasteiger charge is 2.30. The zero-order valence-corrected chi connectivity index (χ0v) is 38.2. The number of benzene rings is 2. The fourth-order valence-electron chi connectivity index (χ4n) is 6.46. The first-order valence-corrected chi connectivity index (χ1v) is 22.6. The van der Waals surface area contributed by atoms with Gasteiger partial charge in [-0.3, -0.25) is 24.5 Å². The summed E-state index contributed by atoms with van der Waals surface area (Å²) < 4.78 is 39.1. The van der Waals surface area contributed by atoms with E-state index in [0.717, 1.165) is 0 Å². The highest BCUT2D eigenvalue weighted by Crippen LogP contribution is 2.27. The number of hydrogen-bond acceptors (Lipinski definition) is 14. The number of fused-ring (bicyclic) bond motifs is 2. The predicted octanol–water partition coefficient (Wildman–Crippen LogP) is 7.86. The second-order valence-electron chi connectivity index (χ2n) is 13.7. The minimum absolute atomic E-state index is 0.194. The van der Waals surface area contributed by atoms with E-state index in [-0.39, 0.29) is 52.5 Å². The molecule has 2 aromatic carbocycles. The molecule has 2 amide bonds. The van der Waals surface area contributed by atoms with Gasteiger partial charge in [0.2, 0.25) is 0 Å². The number of rotatable bonds is 12. The number of amides is 2. The highest BCUT2D eigenvalue weighted by molar-refractivity contribution is 8.14. The maximum atomic E-state index is 13.3. The molecular weight excluding hydrogens is 926 g/mol. The fraction of sp³-hybridized carbons (Fsp3) is 0.256. The molecule has 65 heavy (non-hydrogen) atoms. The van der Waals surface area contributed by atoms with Crippen LogP contribution in [0.1, 0.15) is 68.9 Å². The number of carbonyl (C=O) groups is 4. The Hall–Kier alpha value is -6.35. The van der Waals surface area contributed by atoms with Crippen molar-refractivity contribution in [3.63, 3.8) is 0 Å². The number of methoxy groups -OCH3 is 2. The average Bonchev–Trinajstić information content (AvgIpc) is 4.17. The molecular formula is C43H40Cl2F2N10O6S2. The highest BCUT2D eigenvalue weighted by atomic mass is 35.5. The molecule has 5 aromatic heterocycles. The van der Waals surface area contributed by atoms with Crippen LogP contribution in [0.4, 0.5) is 8.78 Å². The van der Waals surface area contributed by atoms with Gasteiger partial charge in [0.25, 0.3) is 11.8 Å². The molecule has 0 bridgehead atoms. The largest absolute Gasteiger partial charge is 0.467 e. The van der Waals surface area contributed by atoms with Crippen LogP contribution in [-0.4, -0.2) is 101 Å². The number of nitrogens with one attached hydrogen (secondary N) is 2. The molecule has 0 aliphatic carbocycles. The molecule has 0 radical (unpaired) electrons. The summed E-state index contributed by atoms with van der Waals surface area (Å²) in [5.41, 5.74) is 3.50. The van der Waals surface area contributed by atoms with Crippen LogP contribution in [0.25, 0.3) is 33.2 Å². The van der Waals surface area contributed by atoms with Crippen molar-refractivity contribution >= 4 is 96.9 Å². The summed E-state index contributed by atoms with van der Waals surface area (Å²) >= 11 is 12.2. The summed E-state index contributed by atoms with van der Waals surface area (Å²) in [4.78, 5) is 66.6. The Balaban J connectivity index is 0.000000203. The SMILES string of the molecule is CCC(NC(=O)c1cncc2c1cnn2-c1ccc(F)cc1)C1=N[C@H](C(=O)OC)CS1.CCC(NC(=O)c1cncc2c1cnn2-c1ccc(F)cc1)c1nc(C(=O)OC)cs1.ClCCl. The van der Waals surface area contributed by atoms with Gasteiger partial charge < -0.3 is 20.1 Å².